The highest BCUT2D eigenvalue weighted by Gasteiger charge is 2.05. The molecule has 1 amide bonds. The van der Waals surface area contributed by atoms with Crippen LogP contribution in [0.2, 0.25) is 0 Å². The number of methoxy groups -OCH3 is 1. The second kappa shape index (κ2) is 6.56. The Kier molecular flexibility index (Phi) is 4.55. The largest absolute Gasteiger partial charge is 0.504 e. The van der Waals surface area contributed by atoms with Crippen LogP contribution in [0.1, 0.15) is 17.0 Å². The fourth-order valence-electron chi connectivity index (χ4n) is 1.74. The Balaban J connectivity index is 1.89. The quantitative estimate of drug-likeness (QED) is 0.567. The summed E-state index contributed by atoms with van der Waals surface area (Å²) in [6, 6.07) is 6.62. The summed E-state index contributed by atoms with van der Waals surface area (Å²) in [6.45, 7) is 1.86. The molecule has 1 aromatic heterocycles. The van der Waals surface area contributed by atoms with Gasteiger partial charge in [-0.1, -0.05) is 0 Å². The summed E-state index contributed by atoms with van der Waals surface area (Å²) in [5, 5.41) is 20.2. The van der Waals surface area contributed by atoms with Crippen LogP contribution in [0.5, 0.6) is 11.5 Å². The third kappa shape index (κ3) is 4.07. The van der Waals surface area contributed by atoms with Crippen molar-refractivity contribution < 1.29 is 14.6 Å². The van der Waals surface area contributed by atoms with E-state index >= 15 is 0 Å². The van der Waals surface area contributed by atoms with Gasteiger partial charge in [-0.05, 0) is 36.8 Å². The minimum atomic E-state index is -0.268. The molecule has 0 bridgehead atoms. The second-order valence-electron chi connectivity index (χ2n) is 4.44. The Bertz CT molecular complexity index is 664. The zero-order valence-corrected chi connectivity index (χ0v) is 11.8. The maximum atomic E-state index is 11.6. The molecule has 1 heterocycles. The topological polar surface area (TPSA) is 99.6 Å². The molecule has 0 radical (unpaired) electrons. The first-order valence-corrected chi connectivity index (χ1v) is 6.28. The van der Waals surface area contributed by atoms with E-state index in [2.05, 4.69) is 20.7 Å². The van der Waals surface area contributed by atoms with E-state index in [4.69, 9.17) is 4.74 Å². The molecule has 110 valence electrons. The van der Waals surface area contributed by atoms with Gasteiger partial charge in [0, 0.05) is 5.69 Å². The number of hydrazone groups is 1. The fourth-order valence-corrected chi connectivity index (χ4v) is 1.74. The van der Waals surface area contributed by atoms with Gasteiger partial charge in [-0.15, -0.1) is 0 Å². The number of aromatic amines is 1. The van der Waals surface area contributed by atoms with Crippen molar-refractivity contribution >= 4 is 12.1 Å². The number of amides is 1. The Morgan fingerprint density at radius 3 is 2.95 bits per heavy atom. The molecule has 1 aromatic carbocycles. The number of benzene rings is 1. The highest BCUT2D eigenvalue weighted by atomic mass is 16.5. The van der Waals surface area contributed by atoms with Crippen molar-refractivity contribution in [2.45, 2.75) is 13.3 Å². The van der Waals surface area contributed by atoms with Crippen molar-refractivity contribution in [3.05, 3.63) is 41.2 Å². The number of nitrogens with one attached hydrogen (secondary N) is 2. The van der Waals surface area contributed by atoms with Crippen LogP contribution in [-0.2, 0) is 11.2 Å². The maximum absolute atomic E-state index is 11.6. The van der Waals surface area contributed by atoms with Gasteiger partial charge in [0.25, 0.3) is 0 Å². The van der Waals surface area contributed by atoms with E-state index in [0.717, 1.165) is 5.69 Å². The monoisotopic (exact) mass is 288 g/mol. The van der Waals surface area contributed by atoms with Gasteiger partial charge in [-0.3, -0.25) is 9.89 Å². The normalized spacial score (nSPS) is 10.8. The molecule has 2 rings (SSSR count). The third-order valence-electron chi connectivity index (χ3n) is 2.71. The Morgan fingerprint density at radius 1 is 1.52 bits per heavy atom. The number of nitrogens with zero attached hydrogens (tertiary/aromatic N) is 2. The van der Waals surface area contributed by atoms with E-state index in [0.29, 0.717) is 17.0 Å². The molecular weight excluding hydrogens is 272 g/mol. The number of rotatable bonds is 5. The van der Waals surface area contributed by atoms with E-state index in [1.165, 1.54) is 19.4 Å². The number of phenols is 1. The van der Waals surface area contributed by atoms with Crippen LogP contribution in [0, 0.1) is 6.92 Å². The van der Waals surface area contributed by atoms with E-state index < -0.39 is 0 Å². The molecule has 0 atom stereocenters. The number of ether oxygens (including phenoxy) is 1. The van der Waals surface area contributed by atoms with Gasteiger partial charge >= 0.3 is 0 Å². The molecule has 3 N–H and O–H groups in total. The SMILES string of the molecule is COc1ccc(/C=N/NC(=O)Cc2cc(C)[nH]n2)cc1O. The number of aromatic hydroxyl groups is 1. The van der Waals surface area contributed by atoms with Crippen molar-refractivity contribution in [2.24, 2.45) is 5.10 Å². The average molecular weight is 288 g/mol. The summed E-state index contributed by atoms with van der Waals surface area (Å²) >= 11 is 0. The van der Waals surface area contributed by atoms with Gasteiger partial charge < -0.3 is 9.84 Å². The van der Waals surface area contributed by atoms with Crippen molar-refractivity contribution in [1.82, 2.24) is 15.6 Å². The molecule has 7 nitrogen and oxygen atoms in total. The van der Waals surface area contributed by atoms with E-state index in [1.54, 1.807) is 18.2 Å². The number of hydrogen-bond donors (Lipinski definition) is 3. The average Bonchev–Trinajstić information content (AvgIpc) is 2.84. The lowest BCUT2D eigenvalue weighted by molar-refractivity contribution is -0.120. The van der Waals surface area contributed by atoms with Gasteiger partial charge in [0.2, 0.25) is 5.91 Å². The number of aryl methyl sites for hydroxylation is 1. The van der Waals surface area contributed by atoms with Gasteiger partial charge in [0.05, 0.1) is 25.4 Å². The van der Waals surface area contributed by atoms with Crippen LogP contribution in [0.25, 0.3) is 0 Å². The van der Waals surface area contributed by atoms with Crippen LogP contribution >= 0.6 is 0 Å². The summed E-state index contributed by atoms with van der Waals surface area (Å²) in [6.07, 6.45) is 1.59. The van der Waals surface area contributed by atoms with E-state index in [-0.39, 0.29) is 18.1 Å². The van der Waals surface area contributed by atoms with E-state index in [9.17, 15) is 9.90 Å². The summed E-state index contributed by atoms with van der Waals surface area (Å²) < 4.78 is 4.94. The number of aromatic nitrogens is 2. The summed E-state index contributed by atoms with van der Waals surface area (Å²) in [5.74, 6) is 0.125. The van der Waals surface area contributed by atoms with Crippen LogP contribution in [0.15, 0.2) is 29.4 Å². The van der Waals surface area contributed by atoms with Crippen LogP contribution in [0.3, 0.4) is 0 Å². The lowest BCUT2D eigenvalue weighted by Gasteiger charge is -2.03. The molecule has 0 spiro atoms. The maximum Gasteiger partial charge on any atom is 0.246 e. The highest BCUT2D eigenvalue weighted by molar-refractivity contribution is 5.83. The number of carbonyl (C=O) groups excluding carboxylic acids is 1. The predicted octanol–water partition coefficient (Wildman–Crippen LogP) is 1.13. The molecule has 7 heteroatoms. The zero-order valence-electron chi connectivity index (χ0n) is 11.8. The zero-order chi connectivity index (χ0) is 15.2. The van der Waals surface area contributed by atoms with Crippen molar-refractivity contribution in [1.29, 1.82) is 0 Å². The molecule has 0 aliphatic carbocycles. The molecule has 2 aromatic rings. The predicted molar refractivity (Wildman–Crippen MR) is 77.4 cm³/mol. The molecule has 0 aliphatic rings. The first-order valence-electron chi connectivity index (χ1n) is 6.28. The molecule has 0 fully saturated rings. The van der Waals surface area contributed by atoms with Gasteiger partial charge in [0.1, 0.15) is 0 Å². The Morgan fingerprint density at radius 2 is 2.33 bits per heavy atom. The third-order valence-corrected chi connectivity index (χ3v) is 2.71. The number of H-pyrrole nitrogens is 1. The minimum Gasteiger partial charge on any atom is -0.504 e. The summed E-state index contributed by atoms with van der Waals surface area (Å²) in [7, 11) is 1.47. The van der Waals surface area contributed by atoms with Crippen LogP contribution in [-0.4, -0.2) is 34.5 Å². The first kappa shape index (κ1) is 14.6. The van der Waals surface area contributed by atoms with Gasteiger partial charge in [-0.25, -0.2) is 5.43 Å². The first-order chi connectivity index (χ1) is 10.1. The molecular formula is C14H16N4O3. The molecule has 0 aliphatic heterocycles. The van der Waals surface area contributed by atoms with Crippen LogP contribution < -0.4 is 10.2 Å². The van der Waals surface area contributed by atoms with Crippen molar-refractivity contribution in [3.8, 4) is 11.5 Å². The number of carbonyl (C=O) groups is 1. The Labute approximate surface area is 121 Å². The lowest BCUT2D eigenvalue weighted by atomic mass is 10.2. The Hall–Kier alpha value is -2.83. The van der Waals surface area contributed by atoms with Gasteiger partial charge in [0.15, 0.2) is 11.5 Å². The van der Waals surface area contributed by atoms with Crippen molar-refractivity contribution in [2.75, 3.05) is 7.11 Å². The van der Waals surface area contributed by atoms with Crippen LogP contribution in [0.4, 0.5) is 0 Å². The van der Waals surface area contributed by atoms with E-state index in [1.807, 2.05) is 6.92 Å². The minimum absolute atomic E-state index is 0.0137. The standard InChI is InChI=1S/C14H16N4O3/c1-9-5-11(17-16-9)7-14(20)18-15-8-10-3-4-13(21-2)12(19)6-10/h3-6,8,19H,7H2,1-2H3,(H,16,17)(H,18,20)/b15-8+. The summed E-state index contributed by atoms with van der Waals surface area (Å²) in [4.78, 5) is 11.6. The number of hydrogen-bond acceptors (Lipinski definition) is 5. The molecule has 0 saturated heterocycles. The van der Waals surface area contributed by atoms with Crippen molar-refractivity contribution in [3.63, 3.8) is 0 Å². The number of phenolic OH excluding ortho intramolecular Hbond substituents is 1. The second-order valence-corrected chi connectivity index (χ2v) is 4.44. The lowest BCUT2D eigenvalue weighted by Crippen LogP contribution is -2.19. The highest BCUT2D eigenvalue weighted by Crippen LogP contribution is 2.25. The fraction of sp³-hybridized carbons (Fsp3) is 0.214. The molecule has 0 saturated carbocycles. The smallest absolute Gasteiger partial charge is 0.246 e. The molecule has 0 unspecified atom stereocenters. The molecule has 21 heavy (non-hydrogen) atoms. The van der Waals surface area contributed by atoms with Gasteiger partial charge in [-0.2, -0.15) is 10.2 Å². The summed E-state index contributed by atoms with van der Waals surface area (Å²) in [5.41, 5.74) is 4.60.